The van der Waals surface area contributed by atoms with Crippen LogP contribution in [0.25, 0.3) is 0 Å². The molecule has 0 saturated carbocycles. The number of nitrogens with zero attached hydrogens (tertiary/aromatic N) is 2. The van der Waals surface area contributed by atoms with Gasteiger partial charge in [-0.15, -0.1) is 0 Å². The van der Waals surface area contributed by atoms with E-state index in [4.69, 9.17) is 9.26 Å². The molecule has 1 aromatic carbocycles. The maximum absolute atomic E-state index is 12.1. The lowest BCUT2D eigenvalue weighted by atomic mass is 9.93. The van der Waals surface area contributed by atoms with Crippen LogP contribution in [0.2, 0.25) is 0 Å². The number of nitro benzene ring substituents is 1. The van der Waals surface area contributed by atoms with Gasteiger partial charge in [-0.25, -0.2) is 4.79 Å². The molecular weight excluding hydrogens is 316 g/mol. The second-order valence-corrected chi connectivity index (χ2v) is 6.05. The first kappa shape index (κ1) is 17.3. The lowest BCUT2D eigenvalue weighted by molar-refractivity contribution is -0.384. The minimum atomic E-state index is -0.623. The van der Waals surface area contributed by atoms with Gasteiger partial charge in [0.05, 0.1) is 17.7 Å². The number of hydrogen-bond acceptors (Lipinski definition) is 6. The van der Waals surface area contributed by atoms with E-state index in [0.29, 0.717) is 11.5 Å². The molecule has 128 valence electrons. The lowest BCUT2D eigenvalue weighted by Crippen LogP contribution is -2.20. The Morgan fingerprint density at radius 3 is 2.54 bits per heavy atom. The molecule has 9 heteroatoms. The van der Waals surface area contributed by atoms with Gasteiger partial charge in [0, 0.05) is 23.6 Å². The topological polar surface area (TPSA) is 120 Å². The van der Waals surface area contributed by atoms with Crippen LogP contribution in [0.4, 0.5) is 22.0 Å². The van der Waals surface area contributed by atoms with Crippen molar-refractivity contribution in [1.82, 2.24) is 5.16 Å². The molecule has 2 rings (SSSR count). The zero-order valence-electron chi connectivity index (χ0n) is 13.7. The average molecular weight is 334 g/mol. The number of non-ortho nitro benzene ring substituents is 1. The Hall–Kier alpha value is -3.10. The van der Waals surface area contributed by atoms with Crippen LogP contribution in [0.15, 0.2) is 28.8 Å². The highest BCUT2D eigenvalue weighted by atomic mass is 16.6. The summed E-state index contributed by atoms with van der Waals surface area (Å²) >= 11 is 0. The summed E-state index contributed by atoms with van der Waals surface area (Å²) in [6, 6.07) is 4.89. The quantitative estimate of drug-likeness (QED) is 0.652. The molecule has 0 aliphatic rings. The number of hydrogen-bond donors (Lipinski definition) is 2. The summed E-state index contributed by atoms with van der Waals surface area (Å²) < 4.78 is 10.2. The fraction of sp³-hybridized carbons (Fsp3) is 0.333. The van der Waals surface area contributed by atoms with E-state index in [9.17, 15) is 14.9 Å². The summed E-state index contributed by atoms with van der Waals surface area (Å²) in [5, 5.41) is 19.6. The summed E-state index contributed by atoms with van der Waals surface area (Å²) in [4.78, 5) is 22.3. The van der Waals surface area contributed by atoms with Gasteiger partial charge in [0.25, 0.3) is 5.69 Å². The third-order valence-corrected chi connectivity index (χ3v) is 3.13. The third-order valence-electron chi connectivity index (χ3n) is 3.13. The molecule has 0 atom stereocenters. The minimum absolute atomic E-state index is 0.164. The Morgan fingerprint density at radius 2 is 2.00 bits per heavy atom. The van der Waals surface area contributed by atoms with Crippen LogP contribution >= 0.6 is 0 Å². The van der Waals surface area contributed by atoms with Crippen molar-refractivity contribution in [3.05, 3.63) is 40.1 Å². The minimum Gasteiger partial charge on any atom is -0.495 e. The fourth-order valence-corrected chi connectivity index (χ4v) is 1.86. The SMILES string of the molecule is COc1ccc([N+](=O)[O-])cc1NC(=O)Nc1cc(C(C)(C)C)on1. The number of nitro groups is 1. The van der Waals surface area contributed by atoms with Crippen LogP contribution in [0.5, 0.6) is 5.75 Å². The number of anilines is 2. The van der Waals surface area contributed by atoms with Gasteiger partial charge in [-0.2, -0.15) is 0 Å². The van der Waals surface area contributed by atoms with Crippen molar-refractivity contribution >= 4 is 23.2 Å². The second-order valence-electron chi connectivity index (χ2n) is 6.05. The second kappa shape index (κ2) is 6.57. The van der Waals surface area contributed by atoms with E-state index >= 15 is 0 Å². The van der Waals surface area contributed by atoms with Crippen molar-refractivity contribution in [2.75, 3.05) is 17.7 Å². The molecule has 0 saturated heterocycles. The molecular formula is C15H18N4O5. The number of benzene rings is 1. The first-order valence-electron chi connectivity index (χ1n) is 7.08. The number of rotatable bonds is 4. The van der Waals surface area contributed by atoms with Gasteiger partial charge in [0.1, 0.15) is 11.5 Å². The monoisotopic (exact) mass is 334 g/mol. The molecule has 0 bridgehead atoms. The molecule has 0 unspecified atom stereocenters. The van der Waals surface area contributed by atoms with Gasteiger partial charge in [-0.05, 0) is 6.07 Å². The Bertz CT molecular complexity index is 763. The van der Waals surface area contributed by atoms with Crippen LogP contribution in [-0.4, -0.2) is 23.2 Å². The number of amides is 2. The predicted molar refractivity (Wildman–Crippen MR) is 87.5 cm³/mol. The van der Waals surface area contributed by atoms with Gasteiger partial charge in [-0.1, -0.05) is 25.9 Å². The Labute approximate surface area is 138 Å². The van der Waals surface area contributed by atoms with E-state index in [1.165, 1.54) is 25.3 Å². The van der Waals surface area contributed by atoms with Crippen molar-refractivity contribution in [3.63, 3.8) is 0 Å². The highest BCUT2D eigenvalue weighted by Gasteiger charge is 2.20. The number of carbonyl (C=O) groups excluding carboxylic acids is 1. The van der Waals surface area contributed by atoms with Crippen LogP contribution in [0.1, 0.15) is 26.5 Å². The van der Waals surface area contributed by atoms with Gasteiger partial charge < -0.3 is 14.6 Å². The van der Waals surface area contributed by atoms with Crippen LogP contribution in [-0.2, 0) is 5.41 Å². The molecule has 0 fully saturated rings. The molecule has 2 N–H and O–H groups in total. The number of carbonyl (C=O) groups is 1. The molecule has 0 spiro atoms. The third kappa shape index (κ3) is 4.00. The standard InChI is InChI=1S/C15H18N4O5/c1-15(2,3)12-8-13(18-24-12)17-14(20)16-10-7-9(19(21)22)5-6-11(10)23-4/h5-8H,1-4H3,(H2,16,17,18,20). The van der Waals surface area contributed by atoms with E-state index in [-0.39, 0.29) is 22.6 Å². The zero-order chi connectivity index (χ0) is 17.9. The van der Waals surface area contributed by atoms with Crippen molar-refractivity contribution in [1.29, 1.82) is 0 Å². The maximum Gasteiger partial charge on any atom is 0.325 e. The number of ether oxygens (including phenoxy) is 1. The van der Waals surface area contributed by atoms with Crippen LogP contribution < -0.4 is 15.4 Å². The number of urea groups is 1. The van der Waals surface area contributed by atoms with Gasteiger partial charge >= 0.3 is 6.03 Å². The molecule has 1 heterocycles. The van der Waals surface area contributed by atoms with Crippen LogP contribution in [0.3, 0.4) is 0 Å². The molecule has 9 nitrogen and oxygen atoms in total. The first-order chi connectivity index (χ1) is 11.2. The van der Waals surface area contributed by atoms with Gasteiger partial charge in [0.2, 0.25) is 0 Å². The number of nitrogens with one attached hydrogen (secondary N) is 2. The van der Waals surface area contributed by atoms with Crippen LogP contribution in [0, 0.1) is 10.1 Å². The van der Waals surface area contributed by atoms with E-state index in [1.54, 1.807) is 6.07 Å². The van der Waals surface area contributed by atoms with Crippen molar-refractivity contribution < 1.29 is 19.0 Å². The Balaban J connectivity index is 2.13. The van der Waals surface area contributed by atoms with Gasteiger partial charge in [-0.3, -0.25) is 15.4 Å². The molecule has 0 aliphatic heterocycles. The number of methoxy groups -OCH3 is 1. The lowest BCUT2D eigenvalue weighted by Gasteiger charge is -2.12. The fourth-order valence-electron chi connectivity index (χ4n) is 1.86. The van der Waals surface area contributed by atoms with E-state index in [1.807, 2.05) is 20.8 Å². The van der Waals surface area contributed by atoms with Crippen molar-refractivity contribution in [2.24, 2.45) is 0 Å². The average Bonchev–Trinajstić information content (AvgIpc) is 2.95. The molecule has 0 radical (unpaired) electrons. The summed E-state index contributed by atoms with van der Waals surface area (Å²) in [5.41, 5.74) is -0.238. The van der Waals surface area contributed by atoms with E-state index < -0.39 is 11.0 Å². The molecule has 0 aliphatic carbocycles. The van der Waals surface area contributed by atoms with Crippen molar-refractivity contribution in [3.8, 4) is 5.75 Å². The summed E-state index contributed by atoms with van der Waals surface area (Å²) in [6.45, 7) is 5.85. The van der Waals surface area contributed by atoms with E-state index in [2.05, 4.69) is 15.8 Å². The van der Waals surface area contributed by atoms with E-state index in [0.717, 1.165) is 0 Å². The van der Waals surface area contributed by atoms with Crippen molar-refractivity contribution in [2.45, 2.75) is 26.2 Å². The zero-order valence-corrected chi connectivity index (χ0v) is 13.7. The molecule has 2 aromatic rings. The molecule has 1 aromatic heterocycles. The normalized spacial score (nSPS) is 11.0. The Morgan fingerprint density at radius 1 is 1.29 bits per heavy atom. The Kier molecular flexibility index (Phi) is 4.72. The summed E-state index contributed by atoms with van der Waals surface area (Å²) in [7, 11) is 1.40. The maximum atomic E-state index is 12.1. The number of aromatic nitrogens is 1. The van der Waals surface area contributed by atoms with Gasteiger partial charge in [0.15, 0.2) is 5.82 Å². The smallest absolute Gasteiger partial charge is 0.325 e. The summed E-state index contributed by atoms with van der Waals surface area (Å²) in [5.74, 6) is 1.15. The largest absolute Gasteiger partial charge is 0.495 e. The molecule has 24 heavy (non-hydrogen) atoms. The highest BCUT2D eigenvalue weighted by Crippen LogP contribution is 2.29. The first-order valence-corrected chi connectivity index (χ1v) is 7.08. The molecule has 2 amide bonds. The highest BCUT2D eigenvalue weighted by molar-refractivity contribution is 6.00. The summed E-state index contributed by atoms with van der Waals surface area (Å²) in [6.07, 6.45) is 0. The predicted octanol–water partition coefficient (Wildman–Crippen LogP) is 3.53.